The highest BCUT2D eigenvalue weighted by Gasteiger charge is 2.14. The first-order valence-electron chi connectivity index (χ1n) is 5.00. The van der Waals surface area contributed by atoms with Crippen LogP contribution in [0.3, 0.4) is 0 Å². The maximum absolute atomic E-state index is 7.86. The molecule has 0 amide bonds. The van der Waals surface area contributed by atoms with Gasteiger partial charge in [-0.1, -0.05) is 13.0 Å². The zero-order valence-corrected chi connectivity index (χ0v) is 9.90. The summed E-state index contributed by atoms with van der Waals surface area (Å²) in [6.07, 6.45) is 1.91. The van der Waals surface area contributed by atoms with E-state index in [-0.39, 0.29) is 0 Å². The molecule has 1 N–H and O–H groups in total. The van der Waals surface area contributed by atoms with Crippen molar-refractivity contribution in [3.8, 4) is 0 Å². The van der Waals surface area contributed by atoms with Crippen molar-refractivity contribution in [2.45, 2.75) is 32.7 Å². The first-order valence-corrected chi connectivity index (χ1v) is 5.88. The van der Waals surface area contributed by atoms with Crippen LogP contribution in [0.1, 0.15) is 37.6 Å². The third kappa shape index (κ3) is 2.58. The Balaban J connectivity index is 2.61. The lowest BCUT2D eigenvalue weighted by molar-refractivity contribution is 0.396. The molecule has 0 aliphatic carbocycles. The summed E-state index contributed by atoms with van der Waals surface area (Å²) >= 11 is 1.76. The Morgan fingerprint density at radius 1 is 1.64 bits per heavy atom. The van der Waals surface area contributed by atoms with Crippen molar-refractivity contribution in [1.29, 1.82) is 5.41 Å². The van der Waals surface area contributed by atoms with Crippen LogP contribution in [0.5, 0.6) is 0 Å². The molecule has 0 aliphatic rings. The van der Waals surface area contributed by atoms with E-state index in [9.17, 15) is 0 Å². The molecular weight excluding hydrogens is 192 g/mol. The van der Waals surface area contributed by atoms with E-state index in [1.54, 1.807) is 11.3 Å². The molecule has 2 nitrogen and oxygen atoms in total. The minimum atomic E-state index is 0.328. The van der Waals surface area contributed by atoms with Crippen LogP contribution >= 0.6 is 11.3 Å². The van der Waals surface area contributed by atoms with Gasteiger partial charge in [-0.3, -0.25) is 5.41 Å². The minimum absolute atomic E-state index is 0.328. The average molecular weight is 210 g/mol. The van der Waals surface area contributed by atoms with Crippen LogP contribution in [-0.4, -0.2) is 17.8 Å². The maximum Gasteiger partial charge on any atom is 0.0960 e. The summed E-state index contributed by atoms with van der Waals surface area (Å²) in [5.41, 5.74) is 0. The summed E-state index contributed by atoms with van der Waals surface area (Å²) in [6.45, 7) is 4.26. The standard InChI is InChI=1S/C11H18N2S/c1-4-6-11(12)13(3)9(2)10-7-5-8-14-10/h5,7-9,12H,4,6H2,1-3H3. The molecule has 1 atom stereocenters. The normalized spacial score (nSPS) is 12.5. The van der Waals surface area contributed by atoms with Gasteiger partial charge >= 0.3 is 0 Å². The number of rotatable bonds is 4. The molecule has 1 aromatic rings. The van der Waals surface area contributed by atoms with Gasteiger partial charge in [-0.25, -0.2) is 0 Å². The van der Waals surface area contributed by atoms with Crippen molar-refractivity contribution in [2.75, 3.05) is 7.05 Å². The molecule has 1 rings (SSSR count). The Bertz CT molecular complexity index is 279. The van der Waals surface area contributed by atoms with E-state index in [0.717, 1.165) is 18.7 Å². The summed E-state index contributed by atoms with van der Waals surface area (Å²) < 4.78 is 0. The quantitative estimate of drug-likeness (QED) is 0.597. The van der Waals surface area contributed by atoms with Gasteiger partial charge in [0, 0.05) is 18.3 Å². The van der Waals surface area contributed by atoms with Crippen LogP contribution in [0.4, 0.5) is 0 Å². The summed E-state index contributed by atoms with van der Waals surface area (Å²) in [5.74, 6) is 0.730. The molecule has 1 unspecified atom stereocenters. The molecule has 1 heterocycles. The van der Waals surface area contributed by atoms with E-state index < -0.39 is 0 Å². The number of thiophene rings is 1. The van der Waals surface area contributed by atoms with Crippen LogP contribution in [0.2, 0.25) is 0 Å². The zero-order chi connectivity index (χ0) is 10.6. The minimum Gasteiger partial charge on any atom is -0.356 e. The molecule has 0 saturated heterocycles. The van der Waals surface area contributed by atoms with Gasteiger partial charge in [-0.2, -0.15) is 0 Å². The van der Waals surface area contributed by atoms with Crippen molar-refractivity contribution in [3.63, 3.8) is 0 Å². The lowest BCUT2D eigenvalue weighted by Gasteiger charge is -2.26. The van der Waals surface area contributed by atoms with Crippen molar-refractivity contribution in [1.82, 2.24) is 4.90 Å². The van der Waals surface area contributed by atoms with E-state index in [0.29, 0.717) is 6.04 Å². The van der Waals surface area contributed by atoms with Gasteiger partial charge in [0.05, 0.1) is 11.9 Å². The maximum atomic E-state index is 7.86. The molecular formula is C11H18N2S. The van der Waals surface area contributed by atoms with Crippen molar-refractivity contribution in [2.24, 2.45) is 0 Å². The van der Waals surface area contributed by atoms with Crippen molar-refractivity contribution < 1.29 is 0 Å². The summed E-state index contributed by atoms with van der Waals surface area (Å²) in [5, 5.41) is 9.94. The second-order valence-electron chi connectivity index (χ2n) is 3.50. The van der Waals surface area contributed by atoms with E-state index in [1.807, 2.05) is 7.05 Å². The Morgan fingerprint density at radius 3 is 2.86 bits per heavy atom. The van der Waals surface area contributed by atoms with Crippen LogP contribution in [0.15, 0.2) is 17.5 Å². The van der Waals surface area contributed by atoms with Crippen LogP contribution < -0.4 is 0 Å². The molecule has 0 fully saturated rings. The first-order chi connectivity index (χ1) is 6.66. The average Bonchev–Trinajstić information content (AvgIpc) is 2.68. The van der Waals surface area contributed by atoms with Crippen LogP contribution in [0.25, 0.3) is 0 Å². The number of nitrogens with zero attached hydrogens (tertiary/aromatic N) is 1. The Hall–Kier alpha value is -0.830. The fourth-order valence-electron chi connectivity index (χ4n) is 1.37. The van der Waals surface area contributed by atoms with E-state index in [2.05, 4.69) is 36.3 Å². The monoisotopic (exact) mass is 210 g/mol. The van der Waals surface area contributed by atoms with E-state index in [1.165, 1.54) is 4.88 Å². The second-order valence-corrected chi connectivity index (χ2v) is 4.48. The Kier molecular flexibility index (Phi) is 4.14. The molecule has 0 saturated carbocycles. The third-order valence-corrected chi connectivity index (χ3v) is 3.49. The van der Waals surface area contributed by atoms with Gasteiger partial charge in [-0.15, -0.1) is 11.3 Å². The van der Waals surface area contributed by atoms with Crippen molar-refractivity contribution in [3.05, 3.63) is 22.4 Å². The summed E-state index contributed by atoms with van der Waals surface area (Å²) in [6, 6.07) is 4.52. The van der Waals surface area contributed by atoms with Gasteiger partial charge in [0.25, 0.3) is 0 Å². The molecule has 1 aromatic heterocycles. The lowest BCUT2D eigenvalue weighted by atomic mass is 10.2. The van der Waals surface area contributed by atoms with E-state index in [4.69, 9.17) is 5.41 Å². The first kappa shape index (κ1) is 11.2. The highest BCUT2D eigenvalue weighted by atomic mass is 32.1. The predicted octanol–water partition coefficient (Wildman–Crippen LogP) is 3.52. The number of nitrogens with one attached hydrogen (secondary N) is 1. The molecule has 0 spiro atoms. The van der Waals surface area contributed by atoms with Crippen molar-refractivity contribution >= 4 is 17.2 Å². The highest BCUT2D eigenvalue weighted by Crippen LogP contribution is 2.23. The molecule has 0 radical (unpaired) electrons. The summed E-state index contributed by atoms with van der Waals surface area (Å²) in [7, 11) is 2.00. The molecule has 0 aliphatic heterocycles. The summed E-state index contributed by atoms with van der Waals surface area (Å²) in [4.78, 5) is 3.38. The lowest BCUT2D eigenvalue weighted by Crippen LogP contribution is -2.28. The van der Waals surface area contributed by atoms with Crippen LogP contribution in [-0.2, 0) is 0 Å². The van der Waals surface area contributed by atoms with Gasteiger partial charge in [0.15, 0.2) is 0 Å². The smallest absolute Gasteiger partial charge is 0.0960 e. The molecule has 14 heavy (non-hydrogen) atoms. The Labute approximate surface area is 90.1 Å². The fraction of sp³-hybridized carbons (Fsp3) is 0.545. The number of hydrogen-bond acceptors (Lipinski definition) is 2. The predicted molar refractivity (Wildman–Crippen MR) is 63.1 cm³/mol. The highest BCUT2D eigenvalue weighted by molar-refractivity contribution is 7.10. The van der Waals surface area contributed by atoms with Crippen LogP contribution in [0, 0.1) is 5.41 Å². The van der Waals surface area contributed by atoms with E-state index >= 15 is 0 Å². The molecule has 3 heteroatoms. The fourth-order valence-corrected chi connectivity index (χ4v) is 2.19. The third-order valence-electron chi connectivity index (χ3n) is 2.45. The second kappa shape index (κ2) is 5.15. The van der Waals surface area contributed by atoms with Gasteiger partial charge in [-0.05, 0) is 24.8 Å². The van der Waals surface area contributed by atoms with Gasteiger partial charge in [0.1, 0.15) is 0 Å². The molecule has 78 valence electrons. The number of amidine groups is 1. The number of hydrogen-bond donors (Lipinski definition) is 1. The largest absolute Gasteiger partial charge is 0.356 e. The SMILES string of the molecule is CCCC(=N)N(C)C(C)c1cccs1. The molecule has 0 bridgehead atoms. The molecule has 0 aromatic carbocycles. The van der Waals surface area contributed by atoms with Gasteiger partial charge < -0.3 is 4.90 Å². The topological polar surface area (TPSA) is 27.1 Å². The van der Waals surface area contributed by atoms with Gasteiger partial charge in [0.2, 0.25) is 0 Å². The Morgan fingerprint density at radius 2 is 2.36 bits per heavy atom. The zero-order valence-electron chi connectivity index (χ0n) is 9.08.